The van der Waals surface area contributed by atoms with Crippen LogP contribution in [0.25, 0.3) is 0 Å². The van der Waals surface area contributed by atoms with Gasteiger partial charge in [0.05, 0.1) is 11.3 Å². The molecule has 102 valence electrons. The molecule has 0 aromatic carbocycles. The zero-order chi connectivity index (χ0) is 13.9. The fraction of sp³-hybridized carbons (Fsp3) is 0.500. The molecule has 0 amide bonds. The van der Waals surface area contributed by atoms with Crippen LogP contribution < -0.4 is 5.32 Å². The summed E-state index contributed by atoms with van der Waals surface area (Å²) in [6.45, 7) is 0. The molecule has 7 heteroatoms. The van der Waals surface area contributed by atoms with E-state index in [1.807, 2.05) is 0 Å². The van der Waals surface area contributed by atoms with E-state index in [1.165, 1.54) is 18.5 Å². The molecule has 0 aliphatic heterocycles. The minimum Gasteiger partial charge on any atom is -0.481 e. The largest absolute Gasteiger partial charge is 0.481 e. The molecule has 19 heavy (non-hydrogen) atoms. The summed E-state index contributed by atoms with van der Waals surface area (Å²) in [6.07, 6.45) is 5.87. The highest BCUT2D eigenvalue weighted by molar-refractivity contribution is 5.70. The lowest BCUT2D eigenvalue weighted by Gasteiger charge is -2.29. The van der Waals surface area contributed by atoms with Gasteiger partial charge in [-0.05, 0) is 18.9 Å². The Kier molecular flexibility index (Phi) is 3.64. The fourth-order valence-corrected chi connectivity index (χ4v) is 2.61. The fourth-order valence-electron chi connectivity index (χ4n) is 2.61. The predicted octanol–water partition coefficient (Wildman–Crippen LogP) is 2.19. The number of pyridine rings is 1. The molecule has 1 heterocycles. The van der Waals surface area contributed by atoms with E-state index in [1.54, 1.807) is 0 Å². The zero-order valence-electron chi connectivity index (χ0n) is 10.3. The van der Waals surface area contributed by atoms with Crippen molar-refractivity contribution in [2.24, 2.45) is 0 Å². The van der Waals surface area contributed by atoms with Gasteiger partial charge in [-0.2, -0.15) is 0 Å². The lowest BCUT2D eigenvalue weighted by atomic mass is 9.92. The molecule has 1 aliphatic rings. The summed E-state index contributed by atoms with van der Waals surface area (Å²) >= 11 is 0. The van der Waals surface area contributed by atoms with E-state index < -0.39 is 16.4 Å². The summed E-state index contributed by atoms with van der Waals surface area (Å²) in [6, 6.07) is 1.51. The van der Waals surface area contributed by atoms with Crippen LogP contribution in [0.3, 0.4) is 0 Å². The van der Waals surface area contributed by atoms with Crippen molar-refractivity contribution >= 4 is 17.3 Å². The second kappa shape index (κ2) is 5.21. The van der Waals surface area contributed by atoms with Crippen molar-refractivity contribution in [1.82, 2.24) is 4.98 Å². The Morgan fingerprint density at radius 2 is 2.21 bits per heavy atom. The average molecular weight is 265 g/mol. The molecular weight excluding hydrogens is 250 g/mol. The number of anilines is 1. The minimum absolute atomic E-state index is 0.0352. The summed E-state index contributed by atoms with van der Waals surface area (Å²) in [5, 5.41) is 23.0. The Labute approximate surface area is 109 Å². The van der Waals surface area contributed by atoms with Crippen LogP contribution in [0.4, 0.5) is 11.4 Å². The van der Waals surface area contributed by atoms with Crippen molar-refractivity contribution in [1.29, 1.82) is 0 Å². The van der Waals surface area contributed by atoms with Gasteiger partial charge in [-0.1, -0.05) is 12.8 Å². The number of aromatic nitrogens is 1. The maximum Gasteiger partial charge on any atom is 0.310 e. The lowest BCUT2D eigenvalue weighted by molar-refractivity contribution is -0.384. The molecule has 2 rings (SSSR count). The van der Waals surface area contributed by atoms with E-state index in [9.17, 15) is 14.9 Å². The van der Waals surface area contributed by atoms with Crippen molar-refractivity contribution in [2.45, 2.75) is 37.6 Å². The van der Waals surface area contributed by atoms with Crippen molar-refractivity contribution in [3.8, 4) is 0 Å². The number of carbonyl (C=O) groups is 1. The van der Waals surface area contributed by atoms with E-state index >= 15 is 0 Å². The number of nitrogens with zero attached hydrogens (tertiary/aromatic N) is 2. The van der Waals surface area contributed by atoms with Gasteiger partial charge in [-0.15, -0.1) is 0 Å². The average Bonchev–Trinajstić information content (AvgIpc) is 2.76. The first-order chi connectivity index (χ1) is 9.02. The van der Waals surface area contributed by atoms with Gasteiger partial charge in [0.25, 0.3) is 0 Å². The molecule has 0 unspecified atom stereocenters. The van der Waals surface area contributed by atoms with Gasteiger partial charge in [0.1, 0.15) is 11.9 Å². The Hall–Kier alpha value is -2.18. The quantitative estimate of drug-likeness (QED) is 0.624. The molecule has 0 bridgehead atoms. The van der Waals surface area contributed by atoms with Gasteiger partial charge in [-0.3, -0.25) is 19.9 Å². The first-order valence-electron chi connectivity index (χ1n) is 6.11. The summed E-state index contributed by atoms with van der Waals surface area (Å²) in [5.74, 6) is -0.897. The predicted molar refractivity (Wildman–Crippen MR) is 68.0 cm³/mol. The Morgan fingerprint density at radius 1 is 1.53 bits per heavy atom. The maximum atomic E-state index is 11.0. The third-order valence-electron chi connectivity index (χ3n) is 3.45. The lowest BCUT2D eigenvalue weighted by Crippen LogP contribution is -2.37. The number of aliphatic carboxylic acids is 1. The molecule has 0 atom stereocenters. The van der Waals surface area contributed by atoms with Crippen LogP contribution in [0.5, 0.6) is 0 Å². The Balaban J connectivity index is 2.27. The smallest absolute Gasteiger partial charge is 0.310 e. The van der Waals surface area contributed by atoms with Gasteiger partial charge in [0.15, 0.2) is 0 Å². The van der Waals surface area contributed by atoms with E-state index in [-0.39, 0.29) is 12.1 Å². The topological polar surface area (TPSA) is 105 Å². The zero-order valence-corrected chi connectivity index (χ0v) is 10.3. The second-order valence-electron chi connectivity index (χ2n) is 4.83. The van der Waals surface area contributed by atoms with Crippen molar-refractivity contribution in [3.05, 3.63) is 28.6 Å². The molecule has 0 radical (unpaired) electrons. The number of rotatable bonds is 5. The van der Waals surface area contributed by atoms with Crippen molar-refractivity contribution < 1.29 is 14.8 Å². The first kappa shape index (κ1) is 13.3. The third kappa shape index (κ3) is 2.98. The normalized spacial score (nSPS) is 17.1. The second-order valence-corrected chi connectivity index (χ2v) is 4.83. The number of carboxylic acids is 1. The van der Waals surface area contributed by atoms with Crippen molar-refractivity contribution in [3.63, 3.8) is 0 Å². The standard InChI is InChI=1S/C12H15N3O4/c16-11(17)7-12(4-1-2-5-12)14-9-3-6-13-8-10(9)15(18)19/h3,6,8H,1-2,4-5,7H2,(H,13,14)(H,16,17). The van der Waals surface area contributed by atoms with Crippen LogP contribution in [-0.4, -0.2) is 26.5 Å². The molecule has 1 fully saturated rings. The molecule has 1 aromatic rings. The molecule has 1 saturated carbocycles. The molecule has 0 spiro atoms. The molecule has 2 N–H and O–H groups in total. The summed E-state index contributed by atoms with van der Waals surface area (Å²) < 4.78 is 0. The van der Waals surface area contributed by atoms with Crippen LogP contribution in [-0.2, 0) is 4.79 Å². The summed E-state index contributed by atoms with van der Waals surface area (Å²) in [5.41, 5.74) is -0.375. The third-order valence-corrected chi connectivity index (χ3v) is 3.45. The molecular formula is C12H15N3O4. The minimum atomic E-state index is -0.897. The van der Waals surface area contributed by atoms with Crippen LogP contribution in [0, 0.1) is 10.1 Å². The number of hydrogen-bond donors (Lipinski definition) is 2. The van der Waals surface area contributed by atoms with Crippen LogP contribution in [0.15, 0.2) is 18.5 Å². The number of carboxylic acid groups (broad SMARTS) is 1. The first-order valence-corrected chi connectivity index (χ1v) is 6.11. The van der Waals surface area contributed by atoms with Crippen LogP contribution >= 0.6 is 0 Å². The van der Waals surface area contributed by atoms with Gasteiger partial charge >= 0.3 is 11.7 Å². The summed E-state index contributed by atoms with van der Waals surface area (Å²) in [4.78, 5) is 25.1. The maximum absolute atomic E-state index is 11.0. The SMILES string of the molecule is O=C(O)CC1(Nc2ccncc2[N+](=O)[O-])CCCC1. The number of hydrogen-bond acceptors (Lipinski definition) is 5. The molecule has 0 saturated heterocycles. The van der Waals surface area contributed by atoms with Gasteiger partial charge in [-0.25, -0.2) is 0 Å². The van der Waals surface area contributed by atoms with Gasteiger partial charge < -0.3 is 10.4 Å². The van der Waals surface area contributed by atoms with E-state index in [0.29, 0.717) is 18.5 Å². The highest BCUT2D eigenvalue weighted by Crippen LogP contribution is 2.37. The highest BCUT2D eigenvalue weighted by Gasteiger charge is 2.37. The Morgan fingerprint density at radius 3 is 2.79 bits per heavy atom. The van der Waals surface area contributed by atoms with Gasteiger partial charge in [0, 0.05) is 11.7 Å². The van der Waals surface area contributed by atoms with E-state index in [4.69, 9.17) is 5.11 Å². The van der Waals surface area contributed by atoms with Crippen LogP contribution in [0.1, 0.15) is 32.1 Å². The molecule has 7 nitrogen and oxygen atoms in total. The molecule has 1 aromatic heterocycles. The number of nitro groups is 1. The highest BCUT2D eigenvalue weighted by atomic mass is 16.6. The van der Waals surface area contributed by atoms with E-state index in [0.717, 1.165) is 12.8 Å². The summed E-state index contributed by atoms with van der Waals surface area (Å²) in [7, 11) is 0. The van der Waals surface area contributed by atoms with E-state index in [2.05, 4.69) is 10.3 Å². The van der Waals surface area contributed by atoms with Gasteiger partial charge in [0.2, 0.25) is 0 Å². The molecule has 1 aliphatic carbocycles. The van der Waals surface area contributed by atoms with Crippen LogP contribution in [0.2, 0.25) is 0 Å². The van der Waals surface area contributed by atoms with Crippen molar-refractivity contribution in [2.75, 3.05) is 5.32 Å². The number of nitrogens with one attached hydrogen (secondary N) is 1. The monoisotopic (exact) mass is 265 g/mol. The Bertz CT molecular complexity index is 498.